The van der Waals surface area contributed by atoms with Crippen molar-refractivity contribution in [2.75, 3.05) is 0 Å². The summed E-state index contributed by atoms with van der Waals surface area (Å²) in [6.45, 7) is 2.03. The first-order valence-corrected chi connectivity index (χ1v) is 6.62. The highest BCUT2D eigenvalue weighted by Crippen LogP contribution is 2.24. The Bertz CT molecular complexity index is 702. The second kappa shape index (κ2) is 4.97. The number of hydrogen-bond acceptors (Lipinski definition) is 3. The Labute approximate surface area is 116 Å². The lowest BCUT2D eigenvalue weighted by Crippen LogP contribution is -1.96. The van der Waals surface area contributed by atoms with Crippen molar-refractivity contribution in [3.63, 3.8) is 0 Å². The van der Waals surface area contributed by atoms with Crippen LogP contribution < -0.4 is 0 Å². The number of pyridine rings is 1. The van der Waals surface area contributed by atoms with Crippen LogP contribution >= 0.6 is 11.6 Å². The molecule has 1 unspecified atom stereocenters. The fourth-order valence-corrected chi connectivity index (χ4v) is 2.15. The average Bonchev–Trinajstić information content (AvgIpc) is 2.95. The first kappa shape index (κ1) is 12.1. The average molecular weight is 273 g/mol. The summed E-state index contributed by atoms with van der Waals surface area (Å²) in [5.74, 6) is 0. The van der Waals surface area contributed by atoms with E-state index in [-0.39, 0.29) is 5.38 Å². The Balaban J connectivity index is 2.12. The molecule has 19 heavy (non-hydrogen) atoms. The fraction of sp³-hybridized carbons (Fsp3) is 0.214. The molecule has 0 saturated heterocycles. The van der Waals surface area contributed by atoms with Crippen LogP contribution in [0.4, 0.5) is 0 Å². The van der Waals surface area contributed by atoms with E-state index in [0.29, 0.717) is 0 Å². The van der Waals surface area contributed by atoms with E-state index < -0.39 is 0 Å². The van der Waals surface area contributed by atoms with Gasteiger partial charge in [0.05, 0.1) is 17.3 Å². The molecule has 0 fully saturated rings. The molecule has 1 aromatic carbocycles. The minimum Gasteiger partial charge on any atom is -0.264 e. The number of nitrogens with zero attached hydrogens (tertiary/aromatic N) is 4. The molecule has 0 aliphatic heterocycles. The largest absolute Gasteiger partial charge is 0.264 e. The van der Waals surface area contributed by atoms with Crippen LogP contribution in [-0.4, -0.2) is 20.0 Å². The fourth-order valence-electron chi connectivity index (χ4n) is 2.05. The van der Waals surface area contributed by atoms with Gasteiger partial charge in [-0.15, -0.1) is 16.7 Å². The SMILES string of the molecule is CCC(Cl)c1cn(-c2cccc3cnccc23)nn1. The van der Waals surface area contributed by atoms with E-state index in [2.05, 4.69) is 15.3 Å². The summed E-state index contributed by atoms with van der Waals surface area (Å²) in [6, 6.07) is 8.00. The van der Waals surface area contributed by atoms with Crippen molar-refractivity contribution in [3.8, 4) is 5.69 Å². The van der Waals surface area contributed by atoms with Gasteiger partial charge in [-0.25, -0.2) is 4.68 Å². The molecular formula is C14H13ClN4. The zero-order valence-electron chi connectivity index (χ0n) is 10.5. The van der Waals surface area contributed by atoms with Crippen LogP contribution in [0.5, 0.6) is 0 Å². The number of halogens is 1. The molecule has 0 aliphatic carbocycles. The van der Waals surface area contributed by atoms with Gasteiger partial charge in [0.25, 0.3) is 0 Å². The lowest BCUT2D eigenvalue weighted by atomic mass is 10.1. The monoisotopic (exact) mass is 272 g/mol. The molecule has 0 bridgehead atoms. The Morgan fingerprint density at radius 1 is 1.32 bits per heavy atom. The van der Waals surface area contributed by atoms with Crippen molar-refractivity contribution in [2.24, 2.45) is 0 Å². The van der Waals surface area contributed by atoms with Gasteiger partial charge < -0.3 is 0 Å². The van der Waals surface area contributed by atoms with E-state index in [4.69, 9.17) is 11.6 Å². The molecule has 3 aromatic rings. The van der Waals surface area contributed by atoms with Gasteiger partial charge in [0.15, 0.2) is 0 Å². The molecule has 3 rings (SSSR count). The van der Waals surface area contributed by atoms with Gasteiger partial charge in [-0.3, -0.25) is 4.98 Å². The maximum Gasteiger partial charge on any atom is 0.101 e. The Kier molecular flexibility index (Phi) is 3.17. The first-order chi connectivity index (χ1) is 9.29. The van der Waals surface area contributed by atoms with E-state index in [1.54, 1.807) is 10.9 Å². The molecule has 1 atom stereocenters. The van der Waals surface area contributed by atoms with E-state index in [9.17, 15) is 0 Å². The van der Waals surface area contributed by atoms with Crippen molar-refractivity contribution in [1.82, 2.24) is 20.0 Å². The van der Waals surface area contributed by atoms with Crippen LogP contribution in [0.15, 0.2) is 42.9 Å². The van der Waals surface area contributed by atoms with Crippen molar-refractivity contribution >= 4 is 22.4 Å². The van der Waals surface area contributed by atoms with Crippen LogP contribution in [-0.2, 0) is 0 Å². The first-order valence-electron chi connectivity index (χ1n) is 6.19. The minimum absolute atomic E-state index is 0.0922. The van der Waals surface area contributed by atoms with Crippen LogP contribution in [0.2, 0.25) is 0 Å². The third-order valence-corrected chi connectivity index (χ3v) is 3.63. The van der Waals surface area contributed by atoms with Gasteiger partial charge in [-0.2, -0.15) is 0 Å². The predicted octanol–water partition coefficient (Wildman–Crippen LogP) is 3.51. The van der Waals surface area contributed by atoms with E-state index in [0.717, 1.165) is 28.6 Å². The van der Waals surface area contributed by atoms with Crippen molar-refractivity contribution in [3.05, 3.63) is 48.5 Å². The summed E-state index contributed by atoms with van der Waals surface area (Å²) >= 11 is 6.18. The van der Waals surface area contributed by atoms with Gasteiger partial charge in [0.2, 0.25) is 0 Å². The van der Waals surface area contributed by atoms with Crippen molar-refractivity contribution in [2.45, 2.75) is 18.7 Å². The van der Waals surface area contributed by atoms with E-state index in [1.807, 2.05) is 43.6 Å². The Morgan fingerprint density at radius 3 is 3.05 bits per heavy atom. The smallest absolute Gasteiger partial charge is 0.101 e. The molecule has 2 aromatic heterocycles. The van der Waals surface area contributed by atoms with Crippen LogP contribution in [0.3, 0.4) is 0 Å². The Hall–Kier alpha value is -1.94. The van der Waals surface area contributed by atoms with Crippen LogP contribution in [0, 0.1) is 0 Å². The zero-order valence-corrected chi connectivity index (χ0v) is 11.2. The molecule has 5 heteroatoms. The van der Waals surface area contributed by atoms with Gasteiger partial charge in [0, 0.05) is 23.2 Å². The van der Waals surface area contributed by atoms with Crippen LogP contribution in [0.1, 0.15) is 24.4 Å². The minimum atomic E-state index is -0.0922. The summed E-state index contributed by atoms with van der Waals surface area (Å²) in [5, 5.41) is 10.4. The molecule has 96 valence electrons. The zero-order chi connectivity index (χ0) is 13.2. The summed E-state index contributed by atoms with van der Waals surface area (Å²) in [6.07, 6.45) is 6.34. The van der Waals surface area contributed by atoms with E-state index in [1.165, 1.54) is 0 Å². The molecule has 0 amide bonds. The van der Waals surface area contributed by atoms with Crippen LogP contribution in [0.25, 0.3) is 16.5 Å². The highest BCUT2D eigenvalue weighted by atomic mass is 35.5. The molecule has 0 N–H and O–H groups in total. The third kappa shape index (κ3) is 2.19. The quantitative estimate of drug-likeness (QED) is 0.686. The lowest BCUT2D eigenvalue weighted by molar-refractivity contribution is 0.789. The molecule has 0 saturated carbocycles. The van der Waals surface area contributed by atoms with Crippen molar-refractivity contribution in [1.29, 1.82) is 0 Å². The number of fused-ring (bicyclic) bond motifs is 1. The highest BCUT2D eigenvalue weighted by molar-refractivity contribution is 6.20. The summed E-state index contributed by atoms with van der Waals surface area (Å²) in [5.41, 5.74) is 1.79. The number of benzene rings is 1. The maximum absolute atomic E-state index is 6.18. The van der Waals surface area contributed by atoms with Gasteiger partial charge in [-0.1, -0.05) is 24.3 Å². The number of hydrogen-bond donors (Lipinski definition) is 0. The van der Waals surface area contributed by atoms with E-state index >= 15 is 0 Å². The third-order valence-electron chi connectivity index (χ3n) is 3.10. The number of aromatic nitrogens is 4. The van der Waals surface area contributed by atoms with Crippen molar-refractivity contribution < 1.29 is 0 Å². The maximum atomic E-state index is 6.18. The molecular weight excluding hydrogens is 260 g/mol. The molecule has 0 radical (unpaired) electrons. The standard InChI is InChI=1S/C14H13ClN4/c1-2-12(15)13-9-19(18-17-13)14-5-3-4-10-8-16-7-6-11(10)14/h3-9,12H,2H2,1H3. The molecule has 2 heterocycles. The molecule has 0 spiro atoms. The number of alkyl halides is 1. The summed E-state index contributed by atoms with van der Waals surface area (Å²) in [4.78, 5) is 4.13. The summed E-state index contributed by atoms with van der Waals surface area (Å²) in [7, 11) is 0. The topological polar surface area (TPSA) is 43.6 Å². The normalized spacial score (nSPS) is 12.7. The van der Waals surface area contributed by atoms with Gasteiger partial charge >= 0.3 is 0 Å². The van der Waals surface area contributed by atoms with Gasteiger partial charge in [-0.05, 0) is 18.6 Å². The highest BCUT2D eigenvalue weighted by Gasteiger charge is 2.11. The summed E-state index contributed by atoms with van der Waals surface area (Å²) < 4.78 is 1.77. The Morgan fingerprint density at radius 2 is 2.21 bits per heavy atom. The second-order valence-electron chi connectivity index (χ2n) is 4.34. The molecule has 4 nitrogen and oxygen atoms in total. The second-order valence-corrected chi connectivity index (χ2v) is 4.86. The number of rotatable bonds is 3. The van der Waals surface area contributed by atoms with Gasteiger partial charge in [0.1, 0.15) is 5.69 Å². The predicted molar refractivity (Wildman–Crippen MR) is 75.5 cm³/mol. The lowest BCUT2D eigenvalue weighted by Gasteiger charge is -2.05. The molecule has 0 aliphatic rings.